The van der Waals surface area contributed by atoms with Gasteiger partial charge in [-0.1, -0.05) is 44.2 Å². The highest BCUT2D eigenvalue weighted by Crippen LogP contribution is 2.37. The fourth-order valence-electron chi connectivity index (χ4n) is 5.88. The molecule has 2 aliphatic rings. The summed E-state index contributed by atoms with van der Waals surface area (Å²) in [6, 6.07) is 17.9. The molecule has 2 aromatic heterocycles. The Balaban J connectivity index is 1.28. The number of amides is 1. The average molecular weight is 512 g/mol. The molecule has 3 heterocycles. The van der Waals surface area contributed by atoms with Crippen molar-refractivity contribution in [2.75, 3.05) is 24.5 Å². The van der Waals surface area contributed by atoms with Crippen LogP contribution in [0.25, 0.3) is 10.9 Å². The molecule has 8 nitrogen and oxygen atoms in total. The van der Waals surface area contributed by atoms with E-state index in [0.717, 1.165) is 25.3 Å². The third-order valence-electron chi connectivity index (χ3n) is 8.13. The molecule has 1 saturated carbocycles. The van der Waals surface area contributed by atoms with E-state index in [1.54, 1.807) is 0 Å². The summed E-state index contributed by atoms with van der Waals surface area (Å²) < 4.78 is 2.29. The molecule has 2 aromatic carbocycles. The van der Waals surface area contributed by atoms with Gasteiger partial charge in [-0.05, 0) is 62.3 Å². The Morgan fingerprint density at radius 3 is 2.58 bits per heavy atom. The lowest BCUT2D eigenvalue weighted by Gasteiger charge is -2.42. The van der Waals surface area contributed by atoms with Gasteiger partial charge in [0.2, 0.25) is 5.91 Å². The smallest absolute Gasteiger partial charge is 0.230 e. The fourth-order valence-corrected chi connectivity index (χ4v) is 5.88. The quantitative estimate of drug-likeness (QED) is 0.385. The molecule has 0 spiro atoms. The molecular formula is C30H37N7O. The van der Waals surface area contributed by atoms with Crippen molar-refractivity contribution in [2.24, 2.45) is 0 Å². The second-order valence-corrected chi connectivity index (χ2v) is 11.2. The van der Waals surface area contributed by atoms with E-state index in [4.69, 9.17) is 5.10 Å². The number of anilines is 1. The zero-order valence-corrected chi connectivity index (χ0v) is 22.6. The van der Waals surface area contributed by atoms with Crippen molar-refractivity contribution >= 4 is 22.5 Å². The number of carbonyl (C=O) groups excluding carboxylic acids is 1. The summed E-state index contributed by atoms with van der Waals surface area (Å²) in [5.74, 6) is 1.85. The van der Waals surface area contributed by atoms with Crippen molar-refractivity contribution in [3.05, 3.63) is 71.4 Å². The van der Waals surface area contributed by atoms with E-state index in [-0.39, 0.29) is 18.4 Å². The van der Waals surface area contributed by atoms with E-state index < -0.39 is 0 Å². The van der Waals surface area contributed by atoms with Crippen molar-refractivity contribution < 1.29 is 4.79 Å². The highest BCUT2D eigenvalue weighted by Gasteiger charge is 2.32. The minimum atomic E-state index is 0.0705. The van der Waals surface area contributed by atoms with Crippen molar-refractivity contribution in [2.45, 2.75) is 70.9 Å². The first-order valence-corrected chi connectivity index (χ1v) is 13.9. The monoisotopic (exact) mass is 511 g/mol. The molecule has 38 heavy (non-hydrogen) atoms. The maximum absolute atomic E-state index is 13.4. The molecule has 4 aromatic rings. The standard InChI is InChI=1S/C30H37N7O/c1-20(2)30-26-13-12-24(17-27(26)37(34-30)23-10-7-11-23)35-14-15-36(29(38)18-28-31-21(3)32-33-28)25(19-35)16-22-8-5-4-6-9-22/h4-6,8-9,12-13,17,20,23,25H,7,10-11,14-16,18-19H2,1-3H3,(H,31,32,33). The Morgan fingerprint density at radius 2 is 1.89 bits per heavy atom. The predicted octanol–water partition coefficient (Wildman–Crippen LogP) is 4.81. The molecule has 6 rings (SSSR count). The van der Waals surface area contributed by atoms with Crippen LogP contribution >= 0.6 is 0 Å². The molecule has 1 aliphatic carbocycles. The highest BCUT2D eigenvalue weighted by molar-refractivity contribution is 5.86. The summed E-state index contributed by atoms with van der Waals surface area (Å²) in [6.07, 6.45) is 4.77. The van der Waals surface area contributed by atoms with Gasteiger partial charge in [-0.3, -0.25) is 9.48 Å². The van der Waals surface area contributed by atoms with E-state index >= 15 is 0 Å². The molecule has 0 radical (unpaired) electrons. The van der Waals surface area contributed by atoms with E-state index in [9.17, 15) is 4.79 Å². The molecule has 1 unspecified atom stereocenters. The number of aromatic nitrogens is 5. The first kappa shape index (κ1) is 24.6. The summed E-state index contributed by atoms with van der Waals surface area (Å²) in [6.45, 7) is 8.58. The van der Waals surface area contributed by atoms with Gasteiger partial charge in [-0.25, -0.2) is 0 Å². The number of hydrogen-bond acceptors (Lipinski definition) is 5. The van der Waals surface area contributed by atoms with Gasteiger partial charge in [0.25, 0.3) is 0 Å². The van der Waals surface area contributed by atoms with E-state index in [1.165, 1.54) is 47.1 Å². The summed E-state index contributed by atoms with van der Waals surface area (Å²) in [5.41, 5.74) is 4.89. The maximum Gasteiger partial charge on any atom is 0.230 e. The van der Waals surface area contributed by atoms with E-state index in [2.05, 4.69) is 86.0 Å². The molecule has 1 amide bonds. The van der Waals surface area contributed by atoms with Crippen LogP contribution in [0.1, 0.15) is 68.0 Å². The molecular weight excluding hydrogens is 474 g/mol. The average Bonchev–Trinajstić information content (AvgIpc) is 3.46. The van der Waals surface area contributed by atoms with Crippen LogP contribution in [0.4, 0.5) is 5.69 Å². The Labute approximate surface area is 224 Å². The SMILES string of the molecule is Cc1nnc(CC(=O)N2CCN(c3ccc4c(C(C)C)nn(C5CCC5)c4c3)CC2Cc2ccccc2)[nH]1. The second-order valence-electron chi connectivity index (χ2n) is 11.2. The summed E-state index contributed by atoms with van der Waals surface area (Å²) in [7, 11) is 0. The van der Waals surface area contributed by atoms with Crippen LogP contribution in [-0.4, -0.2) is 61.4 Å². The van der Waals surface area contributed by atoms with Gasteiger partial charge in [-0.15, -0.1) is 10.2 Å². The molecule has 1 saturated heterocycles. The van der Waals surface area contributed by atoms with Gasteiger partial charge in [0, 0.05) is 30.7 Å². The molecule has 1 atom stereocenters. The van der Waals surface area contributed by atoms with Crippen molar-refractivity contribution in [1.82, 2.24) is 29.9 Å². The third kappa shape index (κ3) is 4.79. The molecule has 1 aliphatic heterocycles. The Morgan fingerprint density at radius 1 is 1.08 bits per heavy atom. The third-order valence-corrected chi connectivity index (χ3v) is 8.13. The number of rotatable bonds is 7. The number of benzene rings is 2. The minimum Gasteiger partial charge on any atom is -0.368 e. The summed E-state index contributed by atoms with van der Waals surface area (Å²) in [4.78, 5) is 21.0. The van der Waals surface area contributed by atoms with Crippen LogP contribution in [0.15, 0.2) is 48.5 Å². The zero-order chi connectivity index (χ0) is 26.2. The largest absolute Gasteiger partial charge is 0.368 e. The number of H-pyrrole nitrogens is 1. The number of aryl methyl sites for hydroxylation is 1. The number of hydrogen-bond donors (Lipinski definition) is 1. The summed E-state index contributed by atoms with van der Waals surface area (Å²) >= 11 is 0. The molecule has 2 fully saturated rings. The molecule has 198 valence electrons. The van der Waals surface area contributed by atoms with Crippen molar-refractivity contribution in [3.8, 4) is 0 Å². The predicted molar refractivity (Wildman–Crippen MR) is 149 cm³/mol. The van der Waals surface area contributed by atoms with Crippen molar-refractivity contribution in [1.29, 1.82) is 0 Å². The topological polar surface area (TPSA) is 82.9 Å². The Bertz CT molecular complexity index is 1420. The Hall–Kier alpha value is -3.68. The van der Waals surface area contributed by atoms with Gasteiger partial charge in [0.05, 0.1) is 29.7 Å². The normalized spacial score (nSPS) is 18.4. The van der Waals surface area contributed by atoms with Gasteiger partial charge in [0.15, 0.2) is 0 Å². The van der Waals surface area contributed by atoms with Crippen LogP contribution in [0, 0.1) is 6.92 Å². The number of nitrogens with zero attached hydrogens (tertiary/aromatic N) is 6. The van der Waals surface area contributed by atoms with E-state index in [0.29, 0.717) is 24.3 Å². The lowest BCUT2D eigenvalue weighted by Crippen LogP contribution is -2.56. The van der Waals surface area contributed by atoms with Gasteiger partial charge < -0.3 is 14.8 Å². The number of fused-ring (bicyclic) bond motifs is 1. The van der Waals surface area contributed by atoms with Gasteiger partial charge >= 0.3 is 0 Å². The minimum absolute atomic E-state index is 0.0705. The maximum atomic E-state index is 13.4. The second kappa shape index (κ2) is 10.2. The molecule has 0 bridgehead atoms. The lowest BCUT2D eigenvalue weighted by atomic mass is 9.93. The number of piperazine rings is 1. The van der Waals surface area contributed by atoms with Crippen LogP contribution < -0.4 is 4.90 Å². The van der Waals surface area contributed by atoms with Crippen LogP contribution in [0.3, 0.4) is 0 Å². The van der Waals surface area contributed by atoms with Crippen molar-refractivity contribution in [3.63, 3.8) is 0 Å². The van der Waals surface area contributed by atoms with Crippen LogP contribution in [-0.2, 0) is 17.6 Å². The Kier molecular flexibility index (Phi) is 6.64. The number of nitrogens with one attached hydrogen (secondary N) is 1. The first-order valence-electron chi connectivity index (χ1n) is 13.9. The van der Waals surface area contributed by atoms with Gasteiger partial charge in [-0.2, -0.15) is 5.10 Å². The number of aromatic amines is 1. The highest BCUT2D eigenvalue weighted by atomic mass is 16.2. The lowest BCUT2D eigenvalue weighted by molar-refractivity contribution is -0.133. The van der Waals surface area contributed by atoms with Crippen LogP contribution in [0.2, 0.25) is 0 Å². The summed E-state index contributed by atoms with van der Waals surface area (Å²) in [5, 5.41) is 14.5. The fraction of sp³-hybridized carbons (Fsp3) is 0.467. The molecule has 8 heteroatoms. The molecule has 1 N–H and O–H groups in total. The van der Waals surface area contributed by atoms with Crippen LogP contribution in [0.5, 0.6) is 0 Å². The first-order chi connectivity index (χ1) is 18.5. The van der Waals surface area contributed by atoms with Gasteiger partial charge in [0.1, 0.15) is 11.6 Å². The zero-order valence-electron chi connectivity index (χ0n) is 22.6. The number of carbonyl (C=O) groups is 1. The van der Waals surface area contributed by atoms with E-state index in [1.807, 2.05) is 13.0 Å².